The Hall–Kier alpha value is 1.94. The number of carboxylic acids is 2. The van der Waals surface area contributed by atoms with Crippen LogP contribution in [0.4, 0.5) is 0 Å². The molecule has 0 fully saturated rings. The van der Waals surface area contributed by atoms with Crippen LogP contribution in [0, 0.1) is 0 Å². The molecule has 0 aliphatic rings. The molecule has 0 bridgehead atoms. The Morgan fingerprint density at radius 2 is 0.824 bits per heavy atom. The third-order valence-electron chi connectivity index (χ3n) is 2.01. The Morgan fingerprint density at radius 1 is 0.588 bits per heavy atom. The van der Waals surface area contributed by atoms with Crippen LogP contribution in [-0.2, 0) is 9.59 Å². The predicted molar refractivity (Wildman–Crippen MR) is 47.0 cm³/mol. The molecule has 0 aromatic rings. The van der Waals surface area contributed by atoms with Crippen LogP contribution in [0.1, 0.15) is 51.4 Å². The van der Waals surface area contributed by atoms with E-state index in [1.54, 1.807) is 0 Å². The number of rotatable bonds is 9. The molecule has 0 spiro atoms. The maximum absolute atomic E-state index is 10.0. The summed E-state index contributed by atoms with van der Waals surface area (Å²) in [5, 5.41) is 20.1. The smallest absolute Gasteiger partial charge is 0.550 e. The molecule has 0 heterocycles. The number of unbranched alkanes of at least 4 members (excludes halogenated alkanes) is 5. The summed E-state index contributed by atoms with van der Waals surface area (Å²) in [7, 11) is 0. The molecule has 82 valence electrons. The second-order valence-electron chi connectivity index (χ2n) is 3.37. The van der Waals surface area contributed by atoms with E-state index in [9.17, 15) is 19.8 Å². The molecule has 0 aliphatic carbocycles. The van der Waals surface area contributed by atoms with Crippen molar-refractivity contribution in [3.05, 3.63) is 0 Å². The van der Waals surface area contributed by atoms with E-state index in [-0.39, 0.29) is 102 Å². The number of carboxylic acid groups (broad SMARTS) is 2. The Balaban J connectivity index is -0.000000282. The molecule has 0 rings (SSSR count). The average molecular weight is 269 g/mol. The van der Waals surface area contributed by atoms with Gasteiger partial charge in [0.15, 0.2) is 0 Å². The molecule has 7 heteroatoms. The topological polar surface area (TPSA) is 80.3 Å². The zero-order valence-electron chi connectivity index (χ0n) is 11.3. The van der Waals surface area contributed by atoms with Gasteiger partial charge in [0.05, 0.1) is 0 Å². The van der Waals surface area contributed by atoms with Crippen molar-refractivity contribution in [1.82, 2.24) is 0 Å². The van der Waals surface area contributed by atoms with Crippen molar-refractivity contribution in [3.8, 4) is 0 Å². The van der Waals surface area contributed by atoms with Crippen molar-refractivity contribution in [2.45, 2.75) is 51.4 Å². The molecule has 0 N–H and O–H groups in total. The van der Waals surface area contributed by atoms with E-state index < -0.39 is 11.9 Å². The van der Waals surface area contributed by atoms with Crippen molar-refractivity contribution >= 4 is 11.9 Å². The van der Waals surface area contributed by atoms with Crippen LogP contribution in [0.5, 0.6) is 0 Å². The molecule has 4 nitrogen and oxygen atoms in total. The van der Waals surface area contributed by atoms with Crippen LogP contribution in [0.15, 0.2) is 0 Å². The number of aliphatic carboxylic acids is 2. The summed E-state index contributed by atoms with van der Waals surface area (Å²) in [6.45, 7) is 0. The van der Waals surface area contributed by atoms with Gasteiger partial charge in [-0.15, -0.1) is 0 Å². The number of hydrogen-bond acceptors (Lipinski definition) is 4. The van der Waals surface area contributed by atoms with Crippen LogP contribution in [-0.4, -0.2) is 11.9 Å². The maximum atomic E-state index is 10.0. The summed E-state index contributed by atoms with van der Waals surface area (Å²) in [6, 6.07) is 0. The quantitative estimate of drug-likeness (QED) is 0.307. The molecule has 0 amide bonds. The summed E-state index contributed by atoms with van der Waals surface area (Å²) in [6.07, 6.45) is 5.23. The monoisotopic (exact) mass is 269 g/mol. The zero-order chi connectivity index (χ0) is 10.8. The summed E-state index contributed by atoms with van der Waals surface area (Å²) >= 11 is 0. The Bertz CT molecular complexity index is 168. The van der Waals surface area contributed by atoms with E-state index in [1.807, 2.05) is 0 Å². The number of carbonyl (C=O) groups is 2. The first-order chi connectivity index (χ1) is 6.63. The van der Waals surface area contributed by atoms with Gasteiger partial charge in [-0.1, -0.05) is 25.7 Å². The van der Waals surface area contributed by atoms with Gasteiger partial charge in [-0.25, -0.2) is 0 Å². The standard InChI is InChI=1S/C10H18O4.3Na/c11-9(12)7-5-3-1-2-4-6-8-10(13)14;;;/h1-8H2,(H,11,12)(H,13,14);;;/q;3*+1/p-2. The van der Waals surface area contributed by atoms with Gasteiger partial charge in [-0.3, -0.25) is 0 Å². The van der Waals surface area contributed by atoms with E-state index in [4.69, 9.17) is 0 Å². The molecule has 0 atom stereocenters. The number of carbonyl (C=O) groups excluding carboxylic acids is 2. The van der Waals surface area contributed by atoms with E-state index in [2.05, 4.69) is 0 Å². The average Bonchev–Trinajstić information content (AvgIpc) is 2.08. The van der Waals surface area contributed by atoms with E-state index >= 15 is 0 Å². The molecule has 0 aromatic carbocycles. The van der Waals surface area contributed by atoms with Gasteiger partial charge in [0.2, 0.25) is 0 Å². The fourth-order valence-corrected chi connectivity index (χ4v) is 1.25. The largest absolute Gasteiger partial charge is 1.00 e. The van der Waals surface area contributed by atoms with E-state index in [0.29, 0.717) is 12.8 Å². The molecule has 0 aromatic heterocycles. The SMILES string of the molecule is O=C([O-])CCCCCCCCC(=O)[O-].[Na+].[Na+].[Na+]. The van der Waals surface area contributed by atoms with Crippen molar-refractivity contribution in [3.63, 3.8) is 0 Å². The van der Waals surface area contributed by atoms with Crippen LogP contribution >= 0.6 is 0 Å². The molecular formula is C10H16Na3O4+. The van der Waals surface area contributed by atoms with Crippen molar-refractivity contribution in [2.75, 3.05) is 0 Å². The Labute approximate surface area is 169 Å². The van der Waals surface area contributed by atoms with Crippen molar-refractivity contribution in [1.29, 1.82) is 0 Å². The maximum Gasteiger partial charge on any atom is 1.00 e. The molecule has 0 saturated heterocycles. The summed E-state index contributed by atoms with van der Waals surface area (Å²) in [5.41, 5.74) is 0. The Morgan fingerprint density at radius 3 is 1.06 bits per heavy atom. The molecule has 0 saturated carbocycles. The Kier molecular flexibility index (Phi) is 32.5. The minimum atomic E-state index is -0.998. The minimum Gasteiger partial charge on any atom is -0.550 e. The van der Waals surface area contributed by atoms with Gasteiger partial charge in [0.25, 0.3) is 0 Å². The van der Waals surface area contributed by atoms with Gasteiger partial charge < -0.3 is 19.8 Å². The fraction of sp³-hybridized carbons (Fsp3) is 0.800. The third kappa shape index (κ3) is 27.2. The van der Waals surface area contributed by atoms with E-state index in [0.717, 1.165) is 25.7 Å². The summed E-state index contributed by atoms with van der Waals surface area (Å²) in [5.74, 6) is -2.00. The van der Waals surface area contributed by atoms with Crippen LogP contribution in [0.3, 0.4) is 0 Å². The fourth-order valence-electron chi connectivity index (χ4n) is 1.25. The van der Waals surface area contributed by atoms with Gasteiger partial charge in [0.1, 0.15) is 0 Å². The molecular weight excluding hydrogens is 253 g/mol. The second-order valence-corrected chi connectivity index (χ2v) is 3.37. The molecule has 17 heavy (non-hydrogen) atoms. The first kappa shape index (κ1) is 27.3. The molecule has 0 aliphatic heterocycles. The molecule has 0 radical (unpaired) electrons. The zero-order valence-corrected chi connectivity index (χ0v) is 17.3. The van der Waals surface area contributed by atoms with Crippen LogP contribution in [0.25, 0.3) is 0 Å². The van der Waals surface area contributed by atoms with Gasteiger partial charge in [-0.05, 0) is 25.7 Å². The summed E-state index contributed by atoms with van der Waals surface area (Å²) < 4.78 is 0. The minimum absolute atomic E-state index is 0. The van der Waals surface area contributed by atoms with Gasteiger partial charge in [-0.2, -0.15) is 0 Å². The van der Waals surface area contributed by atoms with E-state index in [1.165, 1.54) is 0 Å². The number of hydrogen-bond donors (Lipinski definition) is 0. The summed E-state index contributed by atoms with van der Waals surface area (Å²) in [4.78, 5) is 20.1. The first-order valence-electron chi connectivity index (χ1n) is 5.02. The van der Waals surface area contributed by atoms with Crippen molar-refractivity contribution in [2.24, 2.45) is 0 Å². The van der Waals surface area contributed by atoms with Crippen molar-refractivity contribution < 1.29 is 108 Å². The predicted octanol–water partition coefficient (Wildman–Crippen LogP) is -9.38. The normalized spacial score (nSPS) is 8.24. The van der Waals surface area contributed by atoms with Gasteiger partial charge >= 0.3 is 88.7 Å². The third-order valence-corrected chi connectivity index (χ3v) is 2.01. The van der Waals surface area contributed by atoms with Crippen LogP contribution in [0.2, 0.25) is 0 Å². The molecule has 0 unspecified atom stereocenters. The first-order valence-corrected chi connectivity index (χ1v) is 5.02. The second kappa shape index (κ2) is 20.3. The van der Waals surface area contributed by atoms with Crippen LogP contribution < -0.4 is 98.9 Å². The van der Waals surface area contributed by atoms with Gasteiger partial charge in [0, 0.05) is 11.9 Å².